The quantitative estimate of drug-likeness (QED) is 0.212. The molecule has 0 bridgehead atoms. The Bertz CT molecular complexity index is 1800. The third-order valence-electron chi connectivity index (χ3n) is 7.98. The molecule has 2 nitrogen and oxygen atoms in total. The number of benzene rings is 4. The first-order valence-corrected chi connectivity index (χ1v) is 15.2. The second kappa shape index (κ2) is 10.1. The van der Waals surface area contributed by atoms with Crippen LogP contribution in [0.25, 0.3) is 49.3 Å². The van der Waals surface area contributed by atoms with Crippen LogP contribution in [-0.2, 0) is 5.41 Å². The van der Waals surface area contributed by atoms with Crippen molar-refractivity contribution in [2.24, 2.45) is 0 Å². The van der Waals surface area contributed by atoms with Crippen molar-refractivity contribution in [1.82, 2.24) is 9.55 Å². The summed E-state index contributed by atoms with van der Waals surface area (Å²) in [6, 6.07) is 31.1. The van der Waals surface area contributed by atoms with Gasteiger partial charge in [-0.2, -0.15) is 0 Å². The Balaban J connectivity index is 1.70. The number of fused-ring (bicyclic) bond motifs is 2. The van der Waals surface area contributed by atoms with E-state index in [0.29, 0.717) is 11.8 Å². The van der Waals surface area contributed by atoms with E-state index >= 15 is 0 Å². The predicted molar refractivity (Wildman–Crippen MR) is 174 cm³/mol. The van der Waals surface area contributed by atoms with Crippen LogP contribution in [0.2, 0.25) is 0 Å². The number of imidazole rings is 1. The minimum Gasteiger partial charge on any atom is -0.292 e. The number of para-hydroxylation sites is 2. The van der Waals surface area contributed by atoms with Crippen LogP contribution in [0.5, 0.6) is 0 Å². The van der Waals surface area contributed by atoms with Gasteiger partial charge >= 0.3 is 0 Å². The van der Waals surface area contributed by atoms with Gasteiger partial charge in [0.05, 0.1) is 16.7 Å². The standard InChI is InChI=1S/C37H38N2S/c1-23(2)28-19-26(25-13-9-8-10-14-25)20-29(24(3)4)35(28)39-33-16-12-11-15-32(33)38-36(39)31-22-40-34-18-17-27(21-30(31)34)37(5,6)7/h8-24H,1-7H3. The third kappa shape index (κ3) is 4.57. The molecular weight excluding hydrogens is 504 g/mol. The van der Waals surface area contributed by atoms with Crippen LogP contribution in [0.1, 0.15) is 77.0 Å². The number of nitrogens with zero attached hydrogens (tertiary/aromatic N) is 2. The summed E-state index contributed by atoms with van der Waals surface area (Å²) in [4.78, 5) is 5.32. The van der Waals surface area contributed by atoms with Crippen LogP contribution in [-0.4, -0.2) is 9.55 Å². The normalized spacial score (nSPS) is 12.3. The first kappa shape index (κ1) is 26.5. The Labute approximate surface area is 242 Å². The first-order valence-electron chi connectivity index (χ1n) is 14.4. The highest BCUT2D eigenvalue weighted by atomic mass is 32.1. The molecule has 0 amide bonds. The molecule has 2 heterocycles. The maximum absolute atomic E-state index is 5.32. The third-order valence-corrected chi connectivity index (χ3v) is 8.95. The summed E-state index contributed by atoms with van der Waals surface area (Å²) in [5.41, 5.74) is 11.3. The van der Waals surface area contributed by atoms with E-state index in [-0.39, 0.29) is 5.41 Å². The van der Waals surface area contributed by atoms with Crippen molar-refractivity contribution in [3.05, 3.63) is 107 Å². The molecule has 0 spiro atoms. The molecule has 40 heavy (non-hydrogen) atoms. The molecule has 3 heteroatoms. The number of aromatic nitrogens is 2. The van der Waals surface area contributed by atoms with Gasteiger partial charge in [-0.05, 0) is 81.5 Å². The number of thiophene rings is 1. The summed E-state index contributed by atoms with van der Waals surface area (Å²) < 4.78 is 3.76. The fraction of sp³-hybridized carbons (Fsp3) is 0.270. The van der Waals surface area contributed by atoms with Gasteiger partial charge in [0, 0.05) is 21.0 Å². The van der Waals surface area contributed by atoms with E-state index in [0.717, 1.165) is 16.9 Å². The molecular formula is C37H38N2S. The molecule has 0 aliphatic rings. The molecule has 2 aromatic heterocycles. The Kier molecular flexibility index (Phi) is 6.67. The van der Waals surface area contributed by atoms with Gasteiger partial charge in [0.15, 0.2) is 0 Å². The SMILES string of the molecule is CC(C)c1cc(-c2ccccc2)cc(C(C)C)c1-n1c(-c2csc3ccc(C(C)(C)C)cc23)nc2ccccc21. The minimum absolute atomic E-state index is 0.0798. The van der Waals surface area contributed by atoms with Gasteiger partial charge in [0.2, 0.25) is 0 Å². The molecule has 6 rings (SSSR count). The molecule has 4 aromatic carbocycles. The molecule has 202 valence electrons. The Hall–Kier alpha value is -3.69. The van der Waals surface area contributed by atoms with E-state index in [4.69, 9.17) is 4.98 Å². The van der Waals surface area contributed by atoms with Crippen molar-refractivity contribution < 1.29 is 0 Å². The molecule has 0 aliphatic heterocycles. The summed E-state index contributed by atoms with van der Waals surface area (Å²) in [5.74, 6) is 1.71. The largest absolute Gasteiger partial charge is 0.292 e. The van der Waals surface area contributed by atoms with Gasteiger partial charge in [-0.15, -0.1) is 11.3 Å². The zero-order valence-electron chi connectivity index (χ0n) is 24.6. The van der Waals surface area contributed by atoms with Gasteiger partial charge in [-0.1, -0.05) is 97.0 Å². The first-order chi connectivity index (χ1) is 19.1. The lowest BCUT2D eigenvalue weighted by Crippen LogP contribution is -2.10. The molecule has 0 atom stereocenters. The van der Waals surface area contributed by atoms with Gasteiger partial charge in [-0.3, -0.25) is 4.57 Å². The zero-order chi connectivity index (χ0) is 28.2. The smallest absolute Gasteiger partial charge is 0.147 e. The average Bonchev–Trinajstić information content (AvgIpc) is 3.53. The molecule has 0 aliphatic carbocycles. The fourth-order valence-electron chi connectivity index (χ4n) is 5.72. The zero-order valence-corrected chi connectivity index (χ0v) is 25.4. The lowest BCUT2D eigenvalue weighted by Gasteiger charge is -2.24. The Morgan fingerprint density at radius 1 is 0.725 bits per heavy atom. The lowest BCUT2D eigenvalue weighted by atomic mass is 9.86. The van der Waals surface area contributed by atoms with Crippen LogP contribution < -0.4 is 0 Å². The van der Waals surface area contributed by atoms with Crippen molar-refractivity contribution in [1.29, 1.82) is 0 Å². The predicted octanol–water partition coefficient (Wildman–Crippen LogP) is 11.1. The lowest BCUT2D eigenvalue weighted by molar-refractivity contribution is 0.591. The summed E-state index contributed by atoms with van der Waals surface area (Å²) in [5, 5.41) is 3.59. The van der Waals surface area contributed by atoms with Crippen molar-refractivity contribution in [2.75, 3.05) is 0 Å². The number of hydrogen-bond donors (Lipinski definition) is 0. The topological polar surface area (TPSA) is 17.8 Å². The van der Waals surface area contributed by atoms with E-state index in [1.807, 2.05) is 11.3 Å². The summed E-state index contributed by atoms with van der Waals surface area (Å²) in [6.45, 7) is 16.1. The highest BCUT2D eigenvalue weighted by Gasteiger charge is 2.25. The van der Waals surface area contributed by atoms with Gasteiger partial charge in [0.1, 0.15) is 5.82 Å². The second-order valence-electron chi connectivity index (χ2n) is 12.5. The maximum Gasteiger partial charge on any atom is 0.147 e. The summed E-state index contributed by atoms with van der Waals surface area (Å²) >= 11 is 1.81. The Morgan fingerprint density at radius 2 is 1.38 bits per heavy atom. The van der Waals surface area contributed by atoms with Crippen molar-refractivity contribution in [3.63, 3.8) is 0 Å². The van der Waals surface area contributed by atoms with Crippen LogP contribution in [0.15, 0.2) is 90.3 Å². The van der Waals surface area contributed by atoms with Gasteiger partial charge in [0.25, 0.3) is 0 Å². The van der Waals surface area contributed by atoms with Crippen LogP contribution in [0.3, 0.4) is 0 Å². The molecule has 0 fully saturated rings. The van der Waals surface area contributed by atoms with Crippen LogP contribution in [0.4, 0.5) is 0 Å². The second-order valence-corrected chi connectivity index (χ2v) is 13.5. The van der Waals surface area contributed by atoms with Gasteiger partial charge in [-0.25, -0.2) is 4.98 Å². The van der Waals surface area contributed by atoms with Crippen molar-refractivity contribution >= 4 is 32.5 Å². The van der Waals surface area contributed by atoms with Crippen molar-refractivity contribution in [2.45, 2.75) is 65.7 Å². The van der Waals surface area contributed by atoms with E-state index in [1.54, 1.807) is 0 Å². The number of hydrogen-bond acceptors (Lipinski definition) is 2. The summed E-state index contributed by atoms with van der Waals surface area (Å²) in [7, 11) is 0. The molecule has 0 saturated heterocycles. The molecule has 0 radical (unpaired) electrons. The van der Waals surface area contributed by atoms with E-state index in [9.17, 15) is 0 Å². The highest BCUT2D eigenvalue weighted by Crippen LogP contribution is 2.43. The van der Waals surface area contributed by atoms with Gasteiger partial charge < -0.3 is 0 Å². The van der Waals surface area contributed by atoms with Crippen LogP contribution >= 0.6 is 11.3 Å². The molecule has 0 unspecified atom stereocenters. The van der Waals surface area contributed by atoms with Crippen molar-refractivity contribution in [3.8, 4) is 28.2 Å². The van der Waals surface area contributed by atoms with Crippen LogP contribution in [0, 0.1) is 0 Å². The highest BCUT2D eigenvalue weighted by molar-refractivity contribution is 7.17. The molecule has 0 saturated carbocycles. The monoisotopic (exact) mass is 542 g/mol. The Morgan fingerprint density at radius 3 is 2.02 bits per heavy atom. The van der Waals surface area contributed by atoms with E-state index in [2.05, 4.69) is 143 Å². The average molecular weight is 543 g/mol. The fourth-order valence-corrected chi connectivity index (χ4v) is 6.64. The molecule has 6 aromatic rings. The maximum atomic E-state index is 5.32. The minimum atomic E-state index is 0.0798. The summed E-state index contributed by atoms with van der Waals surface area (Å²) in [6.07, 6.45) is 0. The van der Waals surface area contributed by atoms with E-state index in [1.165, 1.54) is 49.2 Å². The number of rotatable bonds is 5. The van der Waals surface area contributed by atoms with E-state index < -0.39 is 0 Å². The molecule has 0 N–H and O–H groups in total.